The monoisotopic (exact) mass is 269 g/mol. The molecule has 1 saturated heterocycles. The molecule has 112 valence electrons. The second-order valence-electron chi connectivity index (χ2n) is 5.59. The van der Waals surface area contributed by atoms with Gasteiger partial charge in [0.15, 0.2) is 0 Å². The van der Waals surface area contributed by atoms with E-state index in [1.807, 2.05) is 6.92 Å². The van der Waals surface area contributed by atoms with E-state index in [1.165, 1.54) is 12.8 Å². The molecule has 1 rings (SSSR count). The highest BCUT2D eigenvalue weighted by Crippen LogP contribution is 2.13. The van der Waals surface area contributed by atoms with Crippen molar-refractivity contribution in [2.75, 3.05) is 32.7 Å². The number of nitrogens with zero attached hydrogens (tertiary/aromatic N) is 2. The van der Waals surface area contributed by atoms with Crippen LogP contribution < -0.4 is 5.73 Å². The van der Waals surface area contributed by atoms with Crippen LogP contribution in [0.3, 0.4) is 0 Å². The average Bonchev–Trinajstić information content (AvgIpc) is 2.70. The molecule has 1 heterocycles. The summed E-state index contributed by atoms with van der Waals surface area (Å²) in [4.78, 5) is 16.9. The molecule has 0 aromatic carbocycles. The Morgan fingerprint density at radius 1 is 1.21 bits per heavy atom. The van der Waals surface area contributed by atoms with Gasteiger partial charge >= 0.3 is 0 Å². The molecule has 1 atom stereocenters. The first-order chi connectivity index (χ1) is 9.20. The second-order valence-corrected chi connectivity index (χ2v) is 5.59. The summed E-state index contributed by atoms with van der Waals surface area (Å²) in [6.07, 6.45) is 7.14. The molecule has 0 aromatic heterocycles. The summed E-state index contributed by atoms with van der Waals surface area (Å²) in [6, 6.07) is -0.0202. The van der Waals surface area contributed by atoms with Crippen LogP contribution in [0.5, 0.6) is 0 Å². The van der Waals surface area contributed by atoms with Gasteiger partial charge in [0.25, 0.3) is 0 Å². The van der Waals surface area contributed by atoms with Gasteiger partial charge in [-0.3, -0.25) is 9.69 Å². The fourth-order valence-electron chi connectivity index (χ4n) is 2.74. The molecule has 4 heteroatoms. The molecule has 1 aliphatic heterocycles. The van der Waals surface area contributed by atoms with Crippen LogP contribution in [0.15, 0.2) is 0 Å². The maximum Gasteiger partial charge on any atom is 0.239 e. The Labute approximate surface area is 118 Å². The van der Waals surface area contributed by atoms with Crippen LogP contribution in [0, 0.1) is 0 Å². The molecule has 0 aromatic rings. The molecule has 0 aliphatic carbocycles. The summed E-state index contributed by atoms with van der Waals surface area (Å²) in [7, 11) is 0. The van der Waals surface area contributed by atoms with Gasteiger partial charge in [-0.15, -0.1) is 0 Å². The minimum Gasteiger partial charge on any atom is -0.341 e. The van der Waals surface area contributed by atoms with E-state index in [0.29, 0.717) is 12.5 Å². The van der Waals surface area contributed by atoms with Gasteiger partial charge in [-0.05, 0) is 32.7 Å². The van der Waals surface area contributed by atoms with Crippen LogP contribution >= 0.6 is 0 Å². The molecule has 1 unspecified atom stereocenters. The number of unbranched alkanes of at least 4 members (excludes halogenated alkanes) is 1. The zero-order chi connectivity index (χ0) is 14.1. The fourth-order valence-corrected chi connectivity index (χ4v) is 2.74. The van der Waals surface area contributed by atoms with E-state index in [0.717, 1.165) is 51.9 Å². The molecule has 0 saturated carbocycles. The van der Waals surface area contributed by atoms with Gasteiger partial charge in [0, 0.05) is 26.2 Å². The molecular formula is C15H31N3O. The van der Waals surface area contributed by atoms with E-state index in [1.54, 1.807) is 0 Å². The summed E-state index contributed by atoms with van der Waals surface area (Å²) in [5.41, 5.74) is 5.68. The molecule has 4 nitrogen and oxygen atoms in total. The highest BCUT2D eigenvalue weighted by atomic mass is 16.2. The highest BCUT2D eigenvalue weighted by Gasteiger charge is 2.25. The predicted octanol–water partition coefficient (Wildman–Crippen LogP) is 1.84. The maximum absolute atomic E-state index is 12.6. The molecule has 1 amide bonds. The number of nitrogens with two attached hydrogens (primary N) is 1. The van der Waals surface area contributed by atoms with Crippen molar-refractivity contribution < 1.29 is 4.79 Å². The van der Waals surface area contributed by atoms with E-state index in [-0.39, 0.29) is 6.04 Å². The number of amides is 1. The van der Waals surface area contributed by atoms with Crippen molar-refractivity contribution in [2.24, 2.45) is 5.73 Å². The van der Waals surface area contributed by atoms with Crippen molar-refractivity contribution in [3.63, 3.8) is 0 Å². The van der Waals surface area contributed by atoms with Crippen molar-refractivity contribution in [1.29, 1.82) is 0 Å². The van der Waals surface area contributed by atoms with Crippen molar-refractivity contribution in [1.82, 2.24) is 9.80 Å². The molecule has 1 aliphatic rings. The molecule has 0 radical (unpaired) electrons. The average molecular weight is 269 g/mol. The van der Waals surface area contributed by atoms with Crippen LogP contribution in [-0.4, -0.2) is 54.5 Å². The normalized spacial score (nSPS) is 18.4. The van der Waals surface area contributed by atoms with Gasteiger partial charge in [-0.2, -0.15) is 0 Å². The Kier molecular flexibility index (Phi) is 8.07. The number of carbonyl (C=O) groups excluding carboxylic acids is 1. The number of likely N-dealkylation sites (tertiary alicyclic amines) is 1. The van der Waals surface area contributed by atoms with Crippen molar-refractivity contribution in [2.45, 2.75) is 58.4 Å². The zero-order valence-electron chi connectivity index (χ0n) is 12.7. The SMILES string of the molecule is CCCCN(CCN)C(C)C(=O)N1CCCCCC1. The van der Waals surface area contributed by atoms with Crippen LogP contribution in [0.2, 0.25) is 0 Å². The minimum atomic E-state index is -0.0202. The lowest BCUT2D eigenvalue weighted by Crippen LogP contribution is -2.49. The van der Waals surface area contributed by atoms with Gasteiger partial charge < -0.3 is 10.6 Å². The first-order valence-corrected chi connectivity index (χ1v) is 7.93. The van der Waals surface area contributed by atoms with E-state index < -0.39 is 0 Å². The van der Waals surface area contributed by atoms with Gasteiger partial charge in [-0.25, -0.2) is 0 Å². The van der Waals surface area contributed by atoms with Crippen LogP contribution in [-0.2, 0) is 4.79 Å². The van der Waals surface area contributed by atoms with E-state index >= 15 is 0 Å². The smallest absolute Gasteiger partial charge is 0.239 e. The molecule has 1 fully saturated rings. The quantitative estimate of drug-likeness (QED) is 0.767. The second kappa shape index (κ2) is 9.32. The van der Waals surface area contributed by atoms with Crippen LogP contribution in [0.1, 0.15) is 52.4 Å². The largest absolute Gasteiger partial charge is 0.341 e. The molecule has 19 heavy (non-hydrogen) atoms. The number of hydrogen-bond acceptors (Lipinski definition) is 3. The first-order valence-electron chi connectivity index (χ1n) is 7.93. The topological polar surface area (TPSA) is 49.6 Å². The summed E-state index contributed by atoms with van der Waals surface area (Å²) in [5.74, 6) is 0.298. The standard InChI is InChI=1S/C15H31N3O/c1-3-4-10-17(13-9-16)14(2)15(19)18-11-7-5-6-8-12-18/h14H,3-13,16H2,1-2H3. The first kappa shape index (κ1) is 16.4. The van der Waals surface area contributed by atoms with Gasteiger partial charge in [0.05, 0.1) is 6.04 Å². The third-order valence-electron chi connectivity index (χ3n) is 4.04. The lowest BCUT2D eigenvalue weighted by atomic mass is 10.2. The highest BCUT2D eigenvalue weighted by molar-refractivity contribution is 5.81. The third kappa shape index (κ3) is 5.49. The summed E-state index contributed by atoms with van der Waals surface area (Å²) in [5, 5.41) is 0. The number of hydrogen-bond donors (Lipinski definition) is 1. The Hall–Kier alpha value is -0.610. The fraction of sp³-hybridized carbons (Fsp3) is 0.933. The summed E-state index contributed by atoms with van der Waals surface area (Å²) in [6.45, 7) is 8.53. The lowest BCUT2D eigenvalue weighted by Gasteiger charge is -2.32. The minimum absolute atomic E-state index is 0.0202. The van der Waals surface area contributed by atoms with Crippen LogP contribution in [0.4, 0.5) is 0 Å². The molecule has 0 spiro atoms. The molecule has 0 bridgehead atoms. The number of rotatable bonds is 7. The summed E-state index contributed by atoms with van der Waals surface area (Å²) >= 11 is 0. The summed E-state index contributed by atoms with van der Waals surface area (Å²) < 4.78 is 0. The predicted molar refractivity (Wildman–Crippen MR) is 80.0 cm³/mol. The Bertz CT molecular complexity index is 250. The Morgan fingerprint density at radius 2 is 1.84 bits per heavy atom. The van der Waals surface area contributed by atoms with Crippen molar-refractivity contribution in [3.8, 4) is 0 Å². The Balaban J connectivity index is 2.54. The van der Waals surface area contributed by atoms with E-state index in [9.17, 15) is 4.79 Å². The van der Waals surface area contributed by atoms with Gasteiger partial charge in [-0.1, -0.05) is 26.2 Å². The molecular weight excluding hydrogens is 238 g/mol. The maximum atomic E-state index is 12.6. The zero-order valence-corrected chi connectivity index (χ0v) is 12.7. The van der Waals surface area contributed by atoms with Gasteiger partial charge in [0.2, 0.25) is 5.91 Å². The van der Waals surface area contributed by atoms with Crippen molar-refractivity contribution in [3.05, 3.63) is 0 Å². The van der Waals surface area contributed by atoms with Crippen LogP contribution in [0.25, 0.3) is 0 Å². The van der Waals surface area contributed by atoms with E-state index in [2.05, 4.69) is 16.7 Å². The molecule has 2 N–H and O–H groups in total. The lowest BCUT2D eigenvalue weighted by molar-refractivity contribution is -0.136. The van der Waals surface area contributed by atoms with Crippen molar-refractivity contribution >= 4 is 5.91 Å². The third-order valence-corrected chi connectivity index (χ3v) is 4.04. The number of carbonyl (C=O) groups is 1. The van der Waals surface area contributed by atoms with E-state index in [4.69, 9.17) is 5.73 Å². The Morgan fingerprint density at radius 3 is 2.37 bits per heavy atom. The van der Waals surface area contributed by atoms with Gasteiger partial charge in [0.1, 0.15) is 0 Å².